The van der Waals surface area contributed by atoms with Crippen molar-refractivity contribution in [3.8, 4) is 0 Å². The van der Waals surface area contributed by atoms with Crippen LogP contribution >= 0.6 is 0 Å². The lowest BCUT2D eigenvalue weighted by Gasteiger charge is -2.17. The summed E-state index contributed by atoms with van der Waals surface area (Å²) in [5.41, 5.74) is 0.344. The van der Waals surface area contributed by atoms with E-state index in [0.29, 0.717) is 18.0 Å². The van der Waals surface area contributed by atoms with Gasteiger partial charge < -0.3 is 14.7 Å². The molecule has 0 saturated heterocycles. The maximum absolute atomic E-state index is 11.6. The van der Waals surface area contributed by atoms with E-state index in [0.717, 1.165) is 19.6 Å². The quantitative estimate of drug-likeness (QED) is 0.786. The van der Waals surface area contributed by atoms with Crippen LogP contribution in [0, 0.1) is 6.92 Å². The van der Waals surface area contributed by atoms with Crippen LogP contribution in [0.3, 0.4) is 0 Å². The summed E-state index contributed by atoms with van der Waals surface area (Å²) in [6, 6.07) is 1.63. The van der Waals surface area contributed by atoms with Gasteiger partial charge in [0, 0.05) is 19.2 Å². The molecular weight excluding hydrogens is 206 g/mol. The van der Waals surface area contributed by atoms with Crippen LogP contribution in [-0.2, 0) is 0 Å². The highest BCUT2D eigenvalue weighted by molar-refractivity contribution is 5.92. The Morgan fingerprint density at radius 1 is 1.50 bits per heavy atom. The van der Waals surface area contributed by atoms with Gasteiger partial charge in [0.25, 0.3) is 5.91 Å². The Kier molecular flexibility index (Phi) is 4.98. The summed E-state index contributed by atoms with van der Waals surface area (Å²) in [5, 5.41) is 6.46. The fourth-order valence-electron chi connectivity index (χ4n) is 1.43. The van der Waals surface area contributed by atoms with Crippen molar-refractivity contribution in [2.24, 2.45) is 0 Å². The molecule has 0 aromatic carbocycles. The van der Waals surface area contributed by atoms with Crippen LogP contribution in [0.15, 0.2) is 10.6 Å². The molecule has 0 aliphatic rings. The van der Waals surface area contributed by atoms with Gasteiger partial charge in [-0.1, -0.05) is 19.0 Å². The van der Waals surface area contributed by atoms with Crippen molar-refractivity contribution in [2.75, 3.05) is 26.2 Å². The number of aryl methyl sites for hydroxylation is 1. The van der Waals surface area contributed by atoms with E-state index in [1.54, 1.807) is 13.0 Å². The van der Waals surface area contributed by atoms with Crippen LogP contribution in [0.25, 0.3) is 0 Å². The van der Waals surface area contributed by atoms with Gasteiger partial charge in [-0.05, 0) is 20.0 Å². The van der Waals surface area contributed by atoms with Crippen LogP contribution in [0.4, 0.5) is 0 Å². The molecule has 1 heterocycles. The van der Waals surface area contributed by atoms with Crippen LogP contribution in [0.2, 0.25) is 0 Å². The first-order valence-electron chi connectivity index (χ1n) is 5.61. The smallest absolute Gasteiger partial charge is 0.273 e. The maximum Gasteiger partial charge on any atom is 0.273 e. The highest BCUT2D eigenvalue weighted by Gasteiger charge is 2.10. The molecule has 5 heteroatoms. The van der Waals surface area contributed by atoms with Gasteiger partial charge >= 0.3 is 0 Å². The third kappa shape index (κ3) is 3.66. The largest absolute Gasteiger partial charge is 0.361 e. The van der Waals surface area contributed by atoms with Crippen LogP contribution in [0.1, 0.15) is 30.1 Å². The van der Waals surface area contributed by atoms with Gasteiger partial charge in [0.1, 0.15) is 5.76 Å². The number of likely N-dealkylation sites (N-methyl/N-ethyl adjacent to an activating group) is 1. The minimum atomic E-state index is -0.177. The van der Waals surface area contributed by atoms with Crippen molar-refractivity contribution >= 4 is 5.91 Å². The molecule has 0 aliphatic heterocycles. The second-order valence-electron chi connectivity index (χ2n) is 3.61. The summed E-state index contributed by atoms with van der Waals surface area (Å²) in [4.78, 5) is 13.8. The number of rotatable bonds is 6. The second kappa shape index (κ2) is 6.27. The third-order valence-corrected chi connectivity index (χ3v) is 2.47. The summed E-state index contributed by atoms with van der Waals surface area (Å²) in [6.45, 7) is 9.45. The molecular formula is C11H19N3O2. The SMILES string of the molecule is CCN(CC)CCNC(=O)c1cc(C)on1. The molecule has 0 fully saturated rings. The number of carbonyl (C=O) groups is 1. The van der Waals surface area contributed by atoms with E-state index in [1.807, 2.05) is 0 Å². The molecule has 5 nitrogen and oxygen atoms in total. The Morgan fingerprint density at radius 3 is 2.69 bits per heavy atom. The Balaban J connectivity index is 2.30. The fourth-order valence-corrected chi connectivity index (χ4v) is 1.43. The molecule has 1 amide bonds. The van der Waals surface area contributed by atoms with Gasteiger partial charge in [0.2, 0.25) is 0 Å². The predicted molar refractivity (Wildman–Crippen MR) is 61.4 cm³/mol. The monoisotopic (exact) mass is 225 g/mol. The van der Waals surface area contributed by atoms with E-state index in [4.69, 9.17) is 4.52 Å². The molecule has 1 aromatic rings. The Hall–Kier alpha value is -1.36. The summed E-state index contributed by atoms with van der Waals surface area (Å²) >= 11 is 0. The second-order valence-corrected chi connectivity index (χ2v) is 3.61. The molecule has 0 atom stereocenters. The summed E-state index contributed by atoms with van der Waals surface area (Å²) in [7, 11) is 0. The average Bonchev–Trinajstić information content (AvgIpc) is 2.71. The Labute approximate surface area is 95.8 Å². The van der Waals surface area contributed by atoms with Gasteiger partial charge in [-0.15, -0.1) is 0 Å². The van der Waals surface area contributed by atoms with Crippen molar-refractivity contribution in [1.82, 2.24) is 15.4 Å². The van der Waals surface area contributed by atoms with E-state index in [1.165, 1.54) is 0 Å². The van der Waals surface area contributed by atoms with Crippen molar-refractivity contribution in [3.05, 3.63) is 17.5 Å². The summed E-state index contributed by atoms with van der Waals surface area (Å²) in [6.07, 6.45) is 0. The lowest BCUT2D eigenvalue weighted by atomic mass is 10.3. The Morgan fingerprint density at radius 2 is 2.19 bits per heavy atom. The average molecular weight is 225 g/mol. The molecule has 0 spiro atoms. The van der Waals surface area contributed by atoms with E-state index in [2.05, 4.69) is 29.2 Å². The van der Waals surface area contributed by atoms with E-state index in [-0.39, 0.29) is 5.91 Å². The molecule has 0 radical (unpaired) electrons. The maximum atomic E-state index is 11.6. The number of nitrogens with one attached hydrogen (secondary N) is 1. The first kappa shape index (κ1) is 12.7. The minimum absolute atomic E-state index is 0.177. The highest BCUT2D eigenvalue weighted by Crippen LogP contribution is 2.00. The van der Waals surface area contributed by atoms with E-state index < -0.39 is 0 Å². The molecule has 0 bridgehead atoms. The summed E-state index contributed by atoms with van der Waals surface area (Å²) < 4.78 is 4.83. The fraction of sp³-hybridized carbons (Fsp3) is 0.636. The molecule has 0 unspecified atom stereocenters. The van der Waals surface area contributed by atoms with Gasteiger partial charge in [0.05, 0.1) is 0 Å². The predicted octanol–water partition coefficient (Wildman–Crippen LogP) is 1.05. The van der Waals surface area contributed by atoms with Crippen LogP contribution < -0.4 is 5.32 Å². The number of nitrogens with zero attached hydrogens (tertiary/aromatic N) is 2. The normalized spacial score (nSPS) is 10.8. The zero-order valence-corrected chi connectivity index (χ0v) is 10.1. The van der Waals surface area contributed by atoms with Gasteiger partial charge in [0.15, 0.2) is 5.69 Å². The molecule has 16 heavy (non-hydrogen) atoms. The lowest BCUT2D eigenvalue weighted by molar-refractivity contribution is 0.0940. The lowest BCUT2D eigenvalue weighted by Crippen LogP contribution is -2.34. The number of amides is 1. The first-order valence-corrected chi connectivity index (χ1v) is 5.61. The first-order chi connectivity index (χ1) is 7.67. The number of hydrogen-bond donors (Lipinski definition) is 1. The number of hydrogen-bond acceptors (Lipinski definition) is 4. The number of carbonyl (C=O) groups excluding carboxylic acids is 1. The molecule has 0 aliphatic carbocycles. The van der Waals surface area contributed by atoms with Gasteiger partial charge in [-0.2, -0.15) is 0 Å². The standard InChI is InChI=1S/C11H19N3O2/c1-4-14(5-2)7-6-12-11(15)10-8-9(3)16-13-10/h8H,4-7H2,1-3H3,(H,12,15). The molecule has 1 N–H and O–H groups in total. The molecule has 1 aromatic heterocycles. The zero-order valence-electron chi connectivity index (χ0n) is 10.1. The molecule has 0 saturated carbocycles. The van der Waals surface area contributed by atoms with Crippen LogP contribution in [0.5, 0.6) is 0 Å². The van der Waals surface area contributed by atoms with Crippen molar-refractivity contribution in [1.29, 1.82) is 0 Å². The summed E-state index contributed by atoms with van der Waals surface area (Å²) in [5.74, 6) is 0.470. The van der Waals surface area contributed by atoms with Gasteiger partial charge in [-0.25, -0.2) is 0 Å². The Bertz CT molecular complexity index is 332. The topological polar surface area (TPSA) is 58.4 Å². The van der Waals surface area contributed by atoms with E-state index >= 15 is 0 Å². The van der Waals surface area contributed by atoms with Crippen molar-refractivity contribution in [2.45, 2.75) is 20.8 Å². The zero-order chi connectivity index (χ0) is 12.0. The minimum Gasteiger partial charge on any atom is -0.361 e. The van der Waals surface area contributed by atoms with Gasteiger partial charge in [-0.3, -0.25) is 4.79 Å². The van der Waals surface area contributed by atoms with Crippen molar-refractivity contribution in [3.63, 3.8) is 0 Å². The third-order valence-electron chi connectivity index (χ3n) is 2.47. The van der Waals surface area contributed by atoms with Crippen LogP contribution in [-0.4, -0.2) is 42.1 Å². The number of aromatic nitrogens is 1. The highest BCUT2D eigenvalue weighted by atomic mass is 16.5. The molecule has 90 valence electrons. The molecule has 1 rings (SSSR count). The van der Waals surface area contributed by atoms with E-state index in [9.17, 15) is 4.79 Å². The van der Waals surface area contributed by atoms with Crippen molar-refractivity contribution < 1.29 is 9.32 Å².